The highest BCUT2D eigenvalue weighted by atomic mass is 16.5. The van der Waals surface area contributed by atoms with Gasteiger partial charge in [-0.2, -0.15) is 0 Å². The van der Waals surface area contributed by atoms with Gasteiger partial charge in [0.1, 0.15) is 0 Å². The zero-order valence-electron chi connectivity index (χ0n) is 12.6. The van der Waals surface area contributed by atoms with E-state index in [0.717, 1.165) is 45.9 Å². The molecule has 6 nitrogen and oxygen atoms in total. The lowest BCUT2D eigenvalue weighted by molar-refractivity contribution is 0.0387. The number of rotatable bonds is 6. The third-order valence-electron chi connectivity index (χ3n) is 4.22. The Bertz CT molecular complexity index is 295. The summed E-state index contributed by atoms with van der Waals surface area (Å²) >= 11 is 0. The standard InChI is InChI=1S/C14H28N4O2/c1-2-18-6-3-4-13(18)12-16-14(19)15-5-7-17-8-10-20-11-9-17/h13H,2-12H2,1H3,(H2,15,16,19)/t13-/m0/s1. The van der Waals surface area contributed by atoms with Crippen LogP contribution < -0.4 is 10.6 Å². The lowest BCUT2D eigenvalue weighted by Crippen LogP contribution is -2.46. The molecule has 0 aromatic heterocycles. The van der Waals surface area contributed by atoms with Crippen LogP contribution in [0.1, 0.15) is 19.8 Å². The van der Waals surface area contributed by atoms with Gasteiger partial charge in [0, 0.05) is 38.8 Å². The van der Waals surface area contributed by atoms with E-state index in [1.54, 1.807) is 0 Å². The largest absolute Gasteiger partial charge is 0.379 e. The highest BCUT2D eigenvalue weighted by Gasteiger charge is 2.22. The third kappa shape index (κ3) is 4.92. The van der Waals surface area contributed by atoms with E-state index in [9.17, 15) is 4.79 Å². The molecule has 0 aromatic rings. The van der Waals surface area contributed by atoms with Crippen LogP contribution in [0.15, 0.2) is 0 Å². The summed E-state index contributed by atoms with van der Waals surface area (Å²) in [5, 5.41) is 5.93. The van der Waals surface area contributed by atoms with Gasteiger partial charge < -0.3 is 15.4 Å². The minimum absolute atomic E-state index is 0.0405. The van der Waals surface area contributed by atoms with Crippen LogP contribution in [0.25, 0.3) is 0 Å². The number of urea groups is 1. The number of nitrogens with one attached hydrogen (secondary N) is 2. The van der Waals surface area contributed by atoms with E-state index in [0.29, 0.717) is 12.6 Å². The van der Waals surface area contributed by atoms with Crippen LogP contribution >= 0.6 is 0 Å². The van der Waals surface area contributed by atoms with Crippen LogP contribution in [-0.4, -0.2) is 80.9 Å². The van der Waals surface area contributed by atoms with E-state index in [1.807, 2.05) is 0 Å². The van der Waals surface area contributed by atoms with Crippen molar-refractivity contribution in [2.75, 3.05) is 59.0 Å². The number of carbonyl (C=O) groups excluding carboxylic acids is 1. The summed E-state index contributed by atoms with van der Waals surface area (Å²) in [5.74, 6) is 0. The normalized spacial score (nSPS) is 24.8. The number of morpholine rings is 1. The number of amides is 2. The van der Waals surface area contributed by atoms with Crippen LogP contribution in [0.5, 0.6) is 0 Å². The molecule has 0 aromatic carbocycles. The molecule has 116 valence electrons. The Kier molecular flexibility index (Phi) is 6.56. The van der Waals surface area contributed by atoms with Crippen molar-refractivity contribution < 1.29 is 9.53 Å². The van der Waals surface area contributed by atoms with Crippen LogP contribution in [0.2, 0.25) is 0 Å². The highest BCUT2D eigenvalue weighted by Crippen LogP contribution is 2.15. The van der Waals surface area contributed by atoms with Crippen molar-refractivity contribution in [1.82, 2.24) is 20.4 Å². The van der Waals surface area contributed by atoms with Gasteiger partial charge in [0.05, 0.1) is 13.2 Å². The zero-order valence-corrected chi connectivity index (χ0v) is 12.6. The second-order valence-corrected chi connectivity index (χ2v) is 5.52. The summed E-state index contributed by atoms with van der Waals surface area (Å²) in [6.07, 6.45) is 2.45. The van der Waals surface area contributed by atoms with Gasteiger partial charge in [0.15, 0.2) is 0 Å². The Morgan fingerprint density at radius 3 is 2.80 bits per heavy atom. The summed E-state index contributed by atoms with van der Waals surface area (Å²) in [5.41, 5.74) is 0. The van der Waals surface area contributed by atoms with Gasteiger partial charge in [0.2, 0.25) is 0 Å². The molecule has 0 bridgehead atoms. The van der Waals surface area contributed by atoms with Gasteiger partial charge >= 0.3 is 6.03 Å². The summed E-state index contributed by atoms with van der Waals surface area (Å²) < 4.78 is 5.30. The predicted octanol–water partition coefficient (Wildman–Crippen LogP) is 0.102. The number of carbonyl (C=O) groups is 1. The number of nitrogens with zero attached hydrogens (tertiary/aromatic N) is 2. The predicted molar refractivity (Wildman–Crippen MR) is 78.9 cm³/mol. The fraction of sp³-hybridized carbons (Fsp3) is 0.929. The summed E-state index contributed by atoms with van der Waals surface area (Å²) in [7, 11) is 0. The first-order valence-corrected chi connectivity index (χ1v) is 7.85. The highest BCUT2D eigenvalue weighted by molar-refractivity contribution is 5.73. The third-order valence-corrected chi connectivity index (χ3v) is 4.22. The molecule has 2 rings (SSSR count). The summed E-state index contributed by atoms with van der Waals surface area (Å²) in [6, 6.07) is 0.478. The molecule has 0 unspecified atom stereocenters. The molecule has 2 heterocycles. The maximum atomic E-state index is 11.8. The molecule has 1 atom stereocenters. The molecule has 0 aliphatic carbocycles. The minimum atomic E-state index is -0.0405. The number of hydrogen-bond donors (Lipinski definition) is 2. The Morgan fingerprint density at radius 2 is 2.05 bits per heavy atom. The summed E-state index contributed by atoms with van der Waals surface area (Å²) in [6.45, 7) is 10.3. The quantitative estimate of drug-likeness (QED) is 0.726. The van der Waals surface area contributed by atoms with Crippen molar-refractivity contribution in [3.05, 3.63) is 0 Å². The van der Waals surface area contributed by atoms with Crippen LogP contribution in [0, 0.1) is 0 Å². The topological polar surface area (TPSA) is 56.8 Å². The van der Waals surface area contributed by atoms with Gasteiger partial charge in [-0.1, -0.05) is 6.92 Å². The van der Waals surface area contributed by atoms with Crippen molar-refractivity contribution >= 4 is 6.03 Å². The number of likely N-dealkylation sites (tertiary alicyclic amines) is 1. The second kappa shape index (κ2) is 8.44. The van der Waals surface area contributed by atoms with Crippen LogP contribution in [0.4, 0.5) is 4.79 Å². The molecular weight excluding hydrogens is 256 g/mol. The van der Waals surface area contributed by atoms with Crippen molar-refractivity contribution in [3.8, 4) is 0 Å². The first-order chi connectivity index (χ1) is 9.79. The number of likely N-dealkylation sites (N-methyl/N-ethyl adjacent to an activating group) is 1. The molecule has 0 radical (unpaired) electrons. The Balaban J connectivity index is 1.53. The van der Waals surface area contributed by atoms with Crippen molar-refractivity contribution in [3.63, 3.8) is 0 Å². The minimum Gasteiger partial charge on any atom is -0.379 e. The van der Waals surface area contributed by atoms with E-state index < -0.39 is 0 Å². The smallest absolute Gasteiger partial charge is 0.314 e. The van der Waals surface area contributed by atoms with E-state index in [-0.39, 0.29) is 6.03 Å². The Hall–Kier alpha value is -0.850. The van der Waals surface area contributed by atoms with Gasteiger partial charge in [-0.3, -0.25) is 9.80 Å². The Morgan fingerprint density at radius 1 is 1.25 bits per heavy atom. The number of hydrogen-bond acceptors (Lipinski definition) is 4. The van der Waals surface area contributed by atoms with Crippen LogP contribution in [-0.2, 0) is 4.74 Å². The molecule has 0 saturated carbocycles. The molecule has 0 spiro atoms. The van der Waals surface area contributed by atoms with Gasteiger partial charge in [-0.05, 0) is 25.9 Å². The van der Waals surface area contributed by atoms with E-state index in [2.05, 4.69) is 27.4 Å². The molecular formula is C14H28N4O2. The van der Waals surface area contributed by atoms with Gasteiger partial charge in [-0.25, -0.2) is 4.79 Å². The van der Waals surface area contributed by atoms with Crippen molar-refractivity contribution in [2.24, 2.45) is 0 Å². The lowest BCUT2D eigenvalue weighted by atomic mass is 10.2. The molecule has 2 fully saturated rings. The fourth-order valence-electron chi connectivity index (χ4n) is 2.97. The van der Waals surface area contributed by atoms with Crippen molar-refractivity contribution in [2.45, 2.75) is 25.8 Å². The first kappa shape index (κ1) is 15.5. The molecule has 20 heavy (non-hydrogen) atoms. The van der Waals surface area contributed by atoms with E-state index in [4.69, 9.17) is 4.74 Å². The maximum absolute atomic E-state index is 11.8. The average Bonchev–Trinajstić information content (AvgIpc) is 2.94. The first-order valence-electron chi connectivity index (χ1n) is 7.85. The van der Waals surface area contributed by atoms with Crippen molar-refractivity contribution in [1.29, 1.82) is 0 Å². The van der Waals surface area contributed by atoms with E-state index in [1.165, 1.54) is 19.4 Å². The Labute approximate surface area is 121 Å². The monoisotopic (exact) mass is 284 g/mol. The SMILES string of the molecule is CCN1CCC[C@H]1CNC(=O)NCCN1CCOCC1. The lowest BCUT2D eigenvalue weighted by Gasteiger charge is -2.26. The van der Waals surface area contributed by atoms with Gasteiger partial charge in [0.25, 0.3) is 0 Å². The zero-order chi connectivity index (χ0) is 14.2. The number of ether oxygens (including phenoxy) is 1. The molecule has 2 aliphatic rings. The maximum Gasteiger partial charge on any atom is 0.314 e. The molecule has 2 saturated heterocycles. The molecule has 6 heteroatoms. The van der Waals surface area contributed by atoms with Crippen LogP contribution in [0.3, 0.4) is 0 Å². The van der Waals surface area contributed by atoms with E-state index >= 15 is 0 Å². The summed E-state index contributed by atoms with van der Waals surface area (Å²) in [4.78, 5) is 16.5. The fourth-order valence-corrected chi connectivity index (χ4v) is 2.97. The molecule has 2 amide bonds. The average molecular weight is 284 g/mol. The second-order valence-electron chi connectivity index (χ2n) is 5.52. The van der Waals surface area contributed by atoms with Gasteiger partial charge in [-0.15, -0.1) is 0 Å². The molecule has 2 aliphatic heterocycles. The molecule has 2 N–H and O–H groups in total.